The van der Waals surface area contributed by atoms with Crippen LogP contribution in [0.2, 0.25) is 0 Å². The quantitative estimate of drug-likeness (QED) is 0.0990. The number of nitrogens with one attached hydrogen (secondary N) is 3. The lowest BCUT2D eigenvalue weighted by atomic mass is 9.97. The summed E-state index contributed by atoms with van der Waals surface area (Å²) in [4.78, 5) is 63.5. The van der Waals surface area contributed by atoms with Gasteiger partial charge in [-0.15, -0.1) is 0 Å². The zero-order chi connectivity index (χ0) is 40.3. The molecule has 2 saturated heterocycles. The normalized spacial score (nSPS) is 19.0. The minimum absolute atomic E-state index is 0.0689. The molecule has 0 aliphatic carbocycles. The van der Waals surface area contributed by atoms with Crippen molar-refractivity contribution in [2.45, 2.75) is 83.2 Å². The lowest BCUT2D eigenvalue weighted by Crippen LogP contribution is -2.56. The van der Waals surface area contributed by atoms with Crippen molar-refractivity contribution in [3.63, 3.8) is 0 Å². The van der Waals surface area contributed by atoms with Crippen LogP contribution in [0.4, 0.5) is 10.5 Å². The number of rotatable bonds is 13. The fourth-order valence-corrected chi connectivity index (χ4v) is 7.94. The first kappa shape index (κ1) is 39.2. The Labute approximate surface area is 332 Å². The molecule has 3 aromatic heterocycles. The Morgan fingerprint density at radius 2 is 1.33 bits per heavy atom. The van der Waals surface area contributed by atoms with Gasteiger partial charge in [-0.05, 0) is 79.8 Å². The number of hydrogen-bond acceptors (Lipinski definition) is 9. The average molecular weight is 774 g/mol. The number of imidazole rings is 2. The van der Waals surface area contributed by atoms with Gasteiger partial charge >= 0.3 is 6.09 Å². The highest BCUT2D eigenvalue weighted by atomic mass is 16.6. The molecule has 2 aliphatic rings. The second kappa shape index (κ2) is 16.6. The van der Waals surface area contributed by atoms with Gasteiger partial charge in [-0.2, -0.15) is 0 Å². The molecule has 5 heterocycles. The van der Waals surface area contributed by atoms with Crippen LogP contribution in [0.1, 0.15) is 77.1 Å². The summed E-state index contributed by atoms with van der Waals surface area (Å²) in [6.07, 6.45) is 8.60. The largest absolute Gasteiger partial charge is 0.430 e. The Balaban J connectivity index is 1.01. The molecule has 14 heteroatoms. The Kier molecular flexibility index (Phi) is 11.4. The van der Waals surface area contributed by atoms with E-state index in [1.54, 1.807) is 30.4 Å². The average Bonchev–Trinajstić information content (AvgIpc) is 4.06. The van der Waals surface area contributed by atoms with Gasteiger partial charge < -0.3 is 40.3 Å². The van der Waals surface area contributed by atoms with E-state index in [1.165, 1.54) is 14.0 Å². The molecule has 298 valence electrons. The highest BCUT2D eigenvalue weighted by Gasteiger charge is 2.49. The number of primary amides is 1. The topological polar surface area (TPSA) is 184 Å². The first-order valence-electron chi connectivity index (χ1n) is 19.6. The van der Waals surface area contributed by atoms with Crippen molar-refractivity contribution in [2.75, 3.05) is 25.5 Å². The number of H-pyrrole nitrogens is 2. The summed E-state index contributed by atoms with van der Waals surface area (Å²) < 4.78 is 10.7. The second-order valence-corrected chi connectivity index (χ2v) is 15.4. The van der Waals surface area contributed by atoms with Gasteiger partial charge in [0.1, 0.15) is 23.8 Å². The highest BCUT2D eigenvalue weighted by Crippen LogP contribution is 2.37. The molecule has 7 rings (SSSR count). The van der Waals surface area contributed by atoms with E-state index in [-0.39, 0.29) is 35.9 Å². The van der Waals surface area contributed by atoms with E-state index in [9.17, 15) is 14.4 Å². The number of methoxy groups -OCH3 is 1. The van der Waals surface area contributed by atoms with Gasteiger partial charge in [0.25, 0.3) is 5.91 Å². The highest BCUT2D eigenvalue weighted by molar-refractivity contribution is 5.88. The Hall–Kier alpha value is -6.02. The number of carbonyl (C=O) groups is 3. The molecule has 2 fully saturated rings. The fraction of sp³-hybridized carbons (Fsp3) is 0.395. The van der Waals surface area contributed by atoms with E-state index in [2.05, 4.69) is 75.5 Å². The molecule has 0 saturated carbocycles. The van der Waals surface area contributed by atoms with Crippen LogP contribution < -0.4 is 11.1 Å². The molecule has 57 heavy (non-hydrogen) atoms. The lowest BCUT2D eigenvalue weighted by Gasteiger charge is -2.37. The smallest absolute Gasteiger partial charge is 0.405 e. The maximum absolute atomic E-state index is 13.9. The number of aromatic amines is 2. The van der Waals surface area contributed by atoms with Crippen molar-refractivity contribution in [2.24, 2.45) is 11.7 Å². The zero-order valence-electron chi connectivity index (χ0n) is 33.1. The molecular formula is C43H51N9O5. The van der Waals surface area contributed by atoms with E-state index in [1.807, 2.05) is 35.4 Å². The minimum Gasteiger partial charge on any atom is -0.430 e. The molecule has 3 amide bonds. The fourth-order valence-electron chi connectivity index (χ4n) is 7.94. The summed E-state index contributed by atoms with van der Waals surface area (Å²) >= 11 is 0. The molecule has 5 aromatic rings. The molecule has 0 spiro atoms. The number of carbonyl (C=O) groups excluding carboxylic acids is 3. The van der Waals surface area contributed by atoms with Crippen molar-refractivity contribution in [3.05, 3.63) is 97.1 Å². The predicted molar refractivity (Wildman–Crippen MR) is 216 cm³/mol. The SMILES string of the molecule is CO[C@H](C)[C@](C)(OC(N)=O)C(=O)N1CCC[C@H]1c1ncc(-c2ccc(-c3ccc(-c4cnc([C@@H]5CCCN5C(=O)[C@@H](Nc5cccnc5)C(C)C)[nH]4)cc3)cc2)[nH]1. The zero-order valence-corrected chi connectivity index (χ0v) is 33.1. The number of pyridine rings is 1. The van der Waals surface area contributed by atoms with Gasteiger partial charge in [0, 0.05) is 32.6 Å². The summed E-state index contributed by atoms with van der Waals surface area (Å²) in [6.45, 7) is 8.50. The molecule has 2 aliphatic heterocycles. The summed E-state index contributed by atoms with van der Waals surface area (Å²) in [7, 11) is 1.46. The Bertz CT molecular complexity index is 2170. The van der Waals surface area contributed by atoms with Crippen LogP contribution in [0, 0.1) is 5.92 Å². The van der Waals surface area contributed by atoms with Crippen molar-refractivity contribution in [1.29, 1.82) is 0 Å². The summed E-state index contributed by atoms with van der Waals surface area (Å²) in [6, 6.07) is 19.6. The summed E-state index contributed by atoms with van der Waals surface area (Å²) in [5.41, 5.74) is 10.4. The van der Waals surface area contributed by atoms with Crippen molar-refractivity contribution < 1.29 is 23.9 Å². The number of benzene rings is 2. The number of nitrogens with zero attached hydrogens (tertiary/aromatic N) is 5. The maximum Gasteiger partial charge on any atom is 0.405 e. The third-order valence-corrected chi connectivity index (χ3v) is 11.4. The van der Waals surface area contributed by atoms with Crippen LogP contribution in [-0.2, 0) is 19.1 Å². The Morgan fingerprint density at radius 1 is 0.807 bits per heavy atom. The molecule has 0 unspecified atom stereocenters. The number of hydrogen-bond donors (Lipinski definition) is 4. The predicted octanol–water partition coefficient (Wildman–Crippen LogP) is 6.88. The van der Waals surface area contributed by atoms with Crippen LogP contribution in [-0.4, -0.2) is 90.6 Å². The molecule has 0 radical (unpaired) electrons. The molecular weight excluding hydrogens is 723 g/mol. The first-order valence-corrected chi connectivity index (χ1v) is 19.6. The van der Waals surface area contributed by atoms with Crippen LogP contribution in [0.3, 0.4) is 0 Å². The maximum atomic E-state index is 13.9. The van der Waals surface area contributed by atoms with Gasteiger partial charge in [0.05, 0.1) is 41.6 Å². The second-order valence-electron chi connectivity index (χ2n) is 15.4. The van der Waals surface area contributed by atoms with E-state index in [0.717, 1.165) is 64.4 Å². The van der Waals surface area contributed by atoms with E-state index < -0.39 is 17.8 Å². The summed E-state index contributed by atoms with van der Waals surface area (Å²) in [5, 5.41) is 3.40. The molecule has 2 aromatic carbocycles. The number of ether oxygens (including phenoxy) is 2. The van der Waals surface area contributed by atoms with Crippen molar-refractivity contribution in [1.82, 2.24) is 34.7 Å². The van der Waals surface area contributed by atoms with Crippen molar-refractivity contribution >= 4 is 23.6 Å². The molecule has 5 atom stereocenters. The number of nitrogens with two attached hydrogens (primary N) is 1. The number of likely N-dealkylation sites (tertiary alicyclic amines) is 2. The third-order valence-electron chi connectivity index (χ3n) is 11.4. The summed E-state index contributed by atoms with van der Waals surface area (Å²) in [5.74, 6) is 1.24. The van der Waals surface area contributed by atoms with Crippen LogP contribution in [0.15, 0.2) is 85.5 Å². The van der Waals surface area contributed by atoms with Gasteiger partial charge in [-0.3, -0.25) is 14.6 Å². The standard InChI is InChI=1S/C43H51N9O5/c1-26(2)37(48-32-9-6-20-45-23-32)40(53)51-21-7-10-35(51)38-46-24-33(49-38)30-16-12-28(13-17-30)29-14-18-31(19-15-29)34-25-47-39(50-34)36-11-8-22-52(36)41(54)43(4,27(3)56-5)57-42(44)55/h6,9,12-20,23-27,35-37,48H,7-8,10-11,21-22H2,1-5H3,(H2,44,55)(H,46,49)(H,47,50)/t27-,35+,36+,37+,43+/m1/s1. The number of anilines is 1. The molecule has 5 N–H and O–H groups in total. The van der Waals surface area contributed by atoms with Crippen LogP contribution >= 0.6 is 0 Å². The van der Waals surface area contributed by atoms with Gasteiger partial charge in [0.2, 0.25) is 11.5 Å². The van der Waals surface area contributed by atoms with E-state index >= 15 is 0 Å². The molecule has 14 nitrogen and oxygen atoms in total. The third kappa shape index (κ3) is 8.13. The van der Waals surface area contributed by atoms with Crippen LogP contribution in [0.25, 0.3) is 33.6 Å². The monoisotopic (exact) mass is 773 g/mol. The van der Waals surface area contributed by atoms with E-state index in [4.69, 9.17) is 20.2 Å². The number of amides is 3. The first-order chi connectivity index (χ1) is 27.5. The van der Waals surface area contributed by atoms with Crippen molar-refractivity contribution in [3.8, 4) is 33.6 Å². The van der Waals surface area contributed by atoms with Gasteiger partial charge in [-0.25, -0.2) is 14.8 Å². The Morgan fingerprint density at radius 3 is 1.82 bits per heavy atom. The minimum atomic E-state index is -1.58. The van der Waals surface area contributed by atoms with E-state index in [0.29, 0.717) is 25.3 Å². The number of aromatic nitrogens is 5. The molecule has 0 bridgehead atoms. The van der Waals surface area contributed by atoms with Crippen LogP contribution in [0.5, 0.6) is 0 Å². The van der Waals surface area contributed by atoms with Gasteiger partial charge in [0.15, 0.2) is 0 Å². The lowest BCUT2D eigenvalue weighted by molar-refractivity contribution is -0.163. The van der Waals surface area contributed by atoms with Gasteiger partial charge in [-0.1, -0.05) is 62.4 Å².